The molecule has 0 spiro atoms. The highest BCUT2D eigenvalue weighted by Crippen LogP contribution is 2.29. The minimum absolute atomic E-state index is 0.0573. The van der Waals surface area contributed by atoms with Gasteiger partial charge in [-0.2, -0.15) is 0 Å². The zero-order chi connectivity index (χ0) is 33.8. The fourth-order valence-electron chi connectivity index (χ4n) is 4.72. The van der Waals surface area contributed by atoms with Crippen LogP contribution in [0.4, 0.5) is 4.79 Å². The van der Waals surface area contributed by atoms with Crippen molar-refractivity contribution in [1.29, 1.82) is 0 Å². The summed E-state index contributed by atoms with van der Waals surface area (Å²) in [5, 5.41) is 22.5. The van der Waals surface area contributed by atoms with Crippen LogP contribution in [0.5, 0.6) is 0 Å². The molecule has 2 aromatic carbocycles. The molecule has 10 heteroatoms. The van der Waals surface area contributed by atoms with E-state index < -0.39 is 47.1 Å². The van der Waals surface area contributed by atoms with Crippen molar-refractivity contribution in [1.82, 2.24) is 21.3 Å². The van der Waals surface area contributed by atoms with Crippen molar-refractivity contribution < 1.29 is 29.0 Å². The number of nitrogens with one attached hydrogen (secondary N) is 4. The standard InChI is InChI=1S/C35H52N4O6/c1-23(2)30(38-33(44)45-22-25-17-13-10-14-18-25)32(43)37-27(19-24-15-11-9-12-16-24)28(40)21-36-29(41)20-26(34(3,4)5)31(42)39-35(6,7)8/h9-18,23,26-28,30,40H,19-22H2,1-8H3,(H,36,41)(H,37,43)(H,38,44)(H,39,42)/t26-,27-,28+,30-/m0/s1. The van der Waals surface area contributed by atoms with Gasteiger partial charge in [0.05, 0.1) is 18.1 Å². The van der Waals surface area contributed by atoms with E-state index in [2.05, 4.69) is 21.3 Å². The van der Waals surface area contributed by atoms with Gasteiger partial charge < -0.3 is 31.1 Å². The second-order valence-electron chi connectivity index (χ2n) is 14.0. The Hall–Kier alpha value is -3.92. The van der Waals surface area contributed by atoms with Crippen LogP contribution in [0.1, 0.15) is 72.9 Å². The summed E-state index contributed by atoms with van der Waals surface area (Å²) in [4.78, 5) is 52.0. The van der Waals surface area contributed by atoms with Gasteiger partial charge in [-0.1, -0.05) is 95.3 Å². The van der Waals surface area contributed by atoms with Gasteiger partial charge in [-0.3, -0.25) is 14.4 Å². The summed E-state index contributed by atoms with van der Waals surface area (Å²) in [6.45, 7) is 14.9. The molecule has 0 heterocycles. The highest BCUT2D eigenvalue weighted by Gasteiger charge is 2.35. The van der Waals surface area contributed by atoms with Crippen LogP contribution >= 0.6 is 0 Å². The van der Waals surface area contributed by atoms with Crippen molar-refractivity contribution in [3.8, 4) is 0 Å². The first-order chi connectivity index (χ1) is 21.0. The Morgan fingerprint density at radius 1 is 0.800 bits per heavy atom. The lowest BCUT2D eigenvalue weighted by Gasteiger charge is -2.32. The van der Waals surface area contributed by atoms with Crippen molar-refractivity contribution in [2.24, 2.45) is 17.3 Å². The predicted octanol–water partition coefficient (Wildman–Crippen LogP) is 4.11. The average molecular weight is 625 g/mol. The Morgan fingerprint density at radius 3 is 1.87 bits per heavy atom. The van der Waals surface area contributed by atoms with E-state index >= 15 is 0 Å². The Labute approximate surface area is 268 Å². The Balaban J connectivity index is 2.10. The van der Waals surface area contributed by atoms with Crippen LogP contribution in [0, 0.1) is 17.3 Å². The van der Waals surface area contributed by atoms with Crippen LogP contribution in [0.3, 0.4) is 0 Å². The normalized spacial score (nSPS) is 14.4. The van der Waals surface area contributed by atoms with Crippen molar-refractivity contribution in [2.45, 2.75) is 98.6 Å². The third kappa shape index (κ3) is 13.7. The van der Waals surface area contributed by atoms with E-state index in [0.29, 0.717) is 0 Å². The lowest BCUT2D eigenvalue weighted by atomic mass is 9.77. The van der Waals surface area contributed by atoms with Crippen LogP contribution in [0.2, 0.25) is 0 Å². The number of ether oxygens (including phenoxy) is 1. The SMILES string of the molecule is CC(C)[C@H](NC(=O)OCc1ccccc1)C(=O)N[C@@H](Cc1ccccc1)[C@H](O)CNC(=O)C[C@@H](C(=O)NC(C)(C)C)C(C)(C)C. The number of aliphatic hydroxyl groups excluding tert-OH is 1. The van der Waals surface area contributed by atoms with Gasteiger partial charge in [0.2, 0.25) is 17.7 Å². The quantitative estimate of drug-likeness (QED) is 0.214. The summed E-state index contributed by atoms with van der Waals surface area (Å²) >= 11 is 0. The van der Waals surface area contributed by atoms with Gasteiger partial charge in [-0.15, -0.1) is 0 Å². The van der Waals surface area contributed by atoms with E-state index in [1.165, 1.54) is 0 Å². The van der Waals surface area contributed by atoms with Crippen molar-refractivity contribution in [3.63, 3.8) is 0 Å². The molecule has 0 unspecified atom stereocenters. The molecule has 0 bridgehead atoms. The molecule has 2 rings (SSSR count). The first kappa shape index (κ1) is 37.3. The molecule has 0 aromatic heterocycles. The minimum atomic E-state index is -1.16. The molecular weight excluding hydrogens is 572 g/mol. The molecule has 248 valence electrons. The maximum Gasteiger partial charge on any atom is 0.408 e. The molecule has 4 amide bonds. The lowest BCUT2D eigenvalue weighted by Crippen LogP contribution is -2.56. The zero-order valence-electron chi connectivity index (χ0n) is 28.0. The van der Waals surface area contributed by atoms with Crippen molar-refractivity contribution >= 4 is 23.8 Å². The third-order valence-electron chi connectivity index (χ3n) is 7.28. The van der Waals surface area contributed by atoms with Crippen molar-refractivity contribution in [2.75, 3.05) is 6.54 Å². The summed E-state index contributed by atoms with van der Waals surface area (Å²) in [7, 11) is 0. The summed E-state index contributed by atoms with van der Waals surface area (Å²) in [6, 6.07) is 16.8. The largest absolute Gasteiger partial charge is 0.445 e. The number of carbonyl (C=O) groups excluding carboxylic acids is 4. The first-order valence-corrected chi connectivity index (χ1v) is 15.5. The topological polar surface area (TPSA) is 146 Å². The van der Waals surface area contributed by atoms with E-state index in [-0.39, 0.29) is 43.7 Å². The fourth-order valence-corrected chi connectivity index (χ4v) is 4.72. The first-order valence-electron chi connectivity index (χ1n) is 15.5. The minimum Gasteiger partial charge on any atom is -0.445 e. The average Bonchev–Trinajstić information content (AvgIpc) is 2.95. The molecule has 45 heavy (non-hydrogen) atoms. The molecule has 2 aromatic rings. The number of rotatable bonds is 14. The third-order valence-corrected chi connectivity index (χ3v) is 7.28. The van der Waals surface area contributed by atoms with Gasteiger partial charge in [0.15, 0.2) is 0 Å². The predicted molar refractivity (Wildman–Crippen MR) is 175 cm³/mol. The number of benzene rings is 2. The van der Waals surface area contributed by atoms with Crippen LogP contribution in [0.15, 0.2) is 60.7 Å². The Bertz CT molecular complexity index is 1240. The van der Waals surface area contributed by atoms with Gasteiger partial charge in [0, 0.05) is 18.5 Å². The van der Waals surface area contributed by atoms with Gasteiger partial charge in [0.1, 0.15) is 12.6 Å². The number of alkyl carbamates (subject to hydrolysis) is 1. The smallest absolute Gasteiger partial charge is 0.408 e. The molecule has 4 atom stereocenters. The van der Waals surface area contributed by atoms with E-state index in [0.717, 1.165) is 11.1 Å². The molecule has 0 fully saturated rings. The molecule has 10 nitrogen and oxygen atoms in total. The molecule has 0 saturated heterocycles. The number of hydrogen-bond acceptors (Lipinski definition) is 6. The van der Waals surface area contributed by atoms with Crippen LogP contribution in [-0.4, -0.2) is 59.2 Å². The molecule has 0 saturated carbocycles. The van der Waals surface area contributed by atoms with Crippen molar-refractivity contribution in [3.05, 3.63) is 71.8 Å². The second kappa shape index (κ2) is 17.0. The molecule has 0 aliphatic carbocycles. The van der Waals surface area contributed by atoms with Gasteiger partial charge in [0.25, 0.3) is 0 Å². The van der Waals surface area contributed by atoms with E-state index in [4.69, 9.17) is 4.74 Å². The fraction of sp³-hybridized carbons (Fsp3) is 0.543. The Morgan fingerprint density at radius 2 is 1.36 bits per heavy atom. The maximum atomic E-state index is 13.5. The highest BCUT2D eigenvalue weighted by molar-refractivity contribution is 5.87. The number of aliphatic hydroxyl groups is 1. The number of hydrogen-bond donors (Lipinski definition) is 5. The molecular formula is C35H52N4O6. The zero-order valence-corrected chi connectivity index (χ0v) is 28.0. The number of carbonyl (C=O) groups is 4. The van der Waals surface area contributed by atoms with Crippen LogP contribution in [-0.2, 0) is 32.1 Å². The van der Waals surface area contributed by atoms with Gasteiger partial charge in [-0.25, -0.2) is 4.79 Å². The summed E-state index contributed by atoms with van der Waals surface area (Å²) in [5.41, 5.74) is 0.763. The molecule has 0 aliphatic heterocycles. The van der Waals surface area contributed by atoms with Crippen LogP contribution in [0.25, 0.3) is 0 Å². The molecule has 0 aliphatic rings. The Kier molecular flexibility index (Phi) is 14.0. The summed E-state index contributed by atoms with van der Waals surface area (Å²) in [6.07, 6.45) is -1.67. The second-order valence-corrected chi connectivity index (χ2v) is 14.0. The number of amides is 4. The van der Waals surface area contributed by atoms with Crippen LogP contribution < -0.4 is 21.3 Å². The molecule has 5 N–H and O–H groups in total. The van der Waals surface area contributed by atoms with E-state index in [1.54, 1.807) is 13.8 Å². The molecule has 0 radical (unpaired) electrons. The highest BCUT2D eigenvalue weighted by atomic mass is 16.5. The summed E-state index contributed by atoms with van der Waals surface area (Å²) < 4.78 is 5.32. The van der Waals surface area contributed by atoms with E-state index in [9.17, 15) is 24.3 Å². The van der Waals surface area contributed by atoms with Gasteiger partial charge in [-0.05, 0) is 49.7 Å². The monoisotopic (exact) mass is 624 g/mol. The van der Waals surface area contributed by atoms with Gasteiger partial charge >= 0.3 is 6.09 Å². The lowest BCUT2D eigenvalue weighted by molar-refractivity contribution is -0.135. The summed E-state index contributed by atoms with van der Waals surface area (Å²) in [5.74, 6) is -1.95. The maximum absolute atomic E-state index is 13.5. The van der Waals surface area contributed by atoms with E-state index in [1.807, 2.05) is 102 Å².